The van der Waals surface area contributed by atoms with Crippen LogP contribution in [0.4, 0.5) is 5.69 Å². The number of hydrogen-bond acceptors (Lipinski definition) is 5. The summed E-state index contributed by atoms with van der Waals surface area (Å²) in [5.74, 6) is 0.696. The number of carbonyl (C=O) groups excluding carboxylic acids is 1. The van der Waals surface area contributed by atoms with Crippen LogP contribution in [0.1, 0.15) is 5.69 Å². The first-order valence-corrected chi connectivity index (χ1v) is 10.5. The van der Waals surface area contributed by atoms with E-state index in [9.17, 15) is 4.79 Å². The largest absolute Gasteiger partial charge is 0.497 e. The van der Waals surface area contributed by atoms with Gasteiger partial charge in [-0.05, 0) is 30.3 Å². The summed E-state index contributed by atoms with van der Waals surface area (Å²) in [4.78, 5) is 17.3. The number of benzene rings is 2. The third-order valence-corrected chi connectivity index (χ3v) is 5.77. The second kappa shape index (κ2) is 9.11. The van der Waals surface area contributed by atoms with Gasteiger partial charge in [0, 0.05) is 36.2 Å². The Morgan fingerprint density at radius 1 is 1.17 bits per heavy atom. The number of methoxy groups -OCH3 is 2. The van der Waals surface area contributed by atoms with Crippen molar-refractivity contribution in [2.75, 3.05) is 26.1 Å². The van der Waals surface area contributed by atoms with Gasteiger partial charge in [0.15, 0.2) is 0 Å². The minimum absolute atomic E-state index is 0.0883. The number of anilines is 1. The normalized spacial score (nSPS) is 11.0. The van der Waals surface area contributed by atoms with Crippen molar-refractivity contribution in [1.29, 1.82) is 0 Å². The summed E-state index contributed by atoms with van der Waals surface area (Å²) in [5, 5.41) is 6.84. The SMILES string of the molecule is COCCn1ccc2c(NC(=O)Cc3csc(-c4cccc(OC)c4)n3)cccc21. The van der Waals surface area contributed by atoms with E-state index in [0.29, 0.717) is 6.61 Å². The van der Waals surface area contributed by atoms with E-state index in [1.165, 1.54) is 11.3 Å². The van der Waals surface area contributed by atoms with Crippen molar-refractivity contribution in [2.24, 2.45) is 0 Å². The van der Waals surface area contributed by atoms with Crippen LogP contribution in [0, 0.1) is 0 Å². The smallest absolute Gasteiger partial charge is 0.230 e. The van der Waals surface area contributed by atoms with Crippen molar-refractivity contribution in [3.8, 4) is 16.3 Å². The molecule has 0 atom stereocenters. The number of rotatable bonds is 8. The molecule has 1 N–H and O–H groups in total. The molecule has 0 saturated carbocycles. The van der Waals surface area contributed by atoms with Gasteiger partial charge >= 0.3 is 0 Å². The lowest BCUT2D eigenvalue weighted by atomic mass is 10.2. The molecular formula is C23H23N3O3S. The van der Waals surface area contributed by atoms with Crippen LogP contribution in [-0.4, -0.2) is 36.3 Å². The minimum atomic E-state index is -0.0883. The van der Waals surface area contributed by atoms with Gasteiger partial charge in [0.25, 0.3) is 0 Å². The number of ether oxygens (including phenoxy) is 2. The maximum Gasteiger partial charge on any atom is 0.230 e. The molecule has 0 saturated heterocycles. The van der Waals surface area contributed by atoms with E-state index in [0.717, 1.165) is 45.1 Å². The molecular weight excluding hydrogens is 398 g/mol. The number of aromatic nitrogens is 2. The van der Waals surface area contributed by atoms with Crippen LogP contribution >= 0.6 is 11.3 Å². The molecule has 2 aromatic carbocycles. The Balaban J connectivity index is 1.46. The van der Waals surface area contributed by atoms with Gasteiger partial charge in [0.05, 0.1) is 37.0 Å². The van der Waals surface area contributed by atoms with Gasteiger partial charge in [-0.3, -0.25) is 4.79 Å². The van der Waals surface area contributed by atoms with Crippen molar-refractivity contribution in [3.63, 3.8) is 0 Å². The zero-order chi connectivity index (χ0) is 20.9. The fraction of sp³-hybridized carbons (Fsp3) is 0.217. The number of nitrogens with zero attached hydrogens (tertiary/aromatic N) is 2. The highest BCUT2D eigenvalue weighted by Crippen LogP contribution is 2.28. The molecule has 4 rings (SSSR count). The maximum absolute atomic E-state index is 12.7. The van der Waals surface area contributed by atoms with Gasteiger partial charge in [0.1, 0.15) is 10.8 Å². The number of fused-ring (bicyclic) bond motifs is 1. The number of thiazole rings is 1. The van der Waals surface area contributed by atoms with Gasteiger partial charge in [-0.15, -0.1) is 11.3 Å². The maximum atomic E-state index is 12.7. The molecule has 4 aromatic rings. The molecule has 0 fully saturated rings. The Bertz CT molecular complexity index is 1170. The first-order chi connectivity index (χ1) is 14.7. The van der Waals surface area contributed by atoms with E-state index in [-0.39, 0.29) is 12.3 Å². The average molecular weight is 422 g/mol. The molecule has 2 aromatic heterocycles. The predicted molar refractivity (Wildman–Crippen MR) is 120 cm³/mol. The monoisotopic (exact) mass is 421 g/mol. The minimum Gasteiger partial charge on any atom is -0.497 e. The first-order valence-electron chi connectivity index (χ1n) is 9.63. The van der Waals surface area contributed by atoms with Gasteiger partial charge < -0.3 is 19.4 Å². The fourth-order valence-electron chi connectivity index (χ4n) is 3.35. The summed E-state index contributed by atoms with van der Waals surface area (Å²) in [5.41, 5.74) is 3.60. The van der Waals surface area contributed by atoms with Crippen LogP contribution in [0.15, 0.2) is 60.1 Å². The highest BCUT2D eigenvalue weighted by molar-refractivity contribution is 7.13. The van der Waals surface area contributed by atoms with E-state index >= 15 is 0 Å². The highest BCUT2D eigenvalue weighted by atomic mass is 32.1. The quantitative estimate of drug-likeness (QED) is 0.452. The van der Waals surface area contributed by atoms with Crippen molar-refractivity contribution < 1.29 is 14.3 Å². The molecule has 0 spiro atoms. The summed E-state index contributed by atoms with van der Waals surface area (Å²) in [7, 11) is 3.33. The Morgan fingerprint density at radius 2 is 2.03 bits per heavy atom. The van der Waals surface area contributed by atoms with E-state index in [1.54, 1.807) is 14.2 Å². The average Bonchev–Trinajstić information content (AvgIpc) is 3.40. The number of carbonyl (C=O) groups is 1. The van der Waals surface area contributed by atoms with Crippen LogP contribution in [0.25, 0.3) is 21.5 Å². The van der Waals surface area contributed by atoms with Crippen LogP contribution in [-0.2, 0) is 22.5 Å². The number of amides is 1. The molecule has 0 aliphatic carbocycles. The van der Waals surface area contributed by atoms with E-state index in [2.05, 4.69) is 14.9 Å². The van der Waals surface area contributed by atoms with E-state index < -0.39 is 0 Å². The summed E-state index contributed by atoms with van der Waals surface area (Å²) in [6.07, 6.45) is 2.24. The van der Waals surface area contributed by atoms with Crippen LogP contribution < -0.4 is 10.1 Å². The third kappa shape index (κ3) is 4.37. The molecule has 2 heterocycles. The highest BCUT2D eigenvalue weighted by Gasteiger charge is 2.12. The third-order valence-electron chi connectivity index (χ3n) is 4.83. The van der Waals surface area contributed by atoms with Crippen LogP contribution in [0.3, 0.4) is 0 Å². The van der Waals surface area contributed by atoms with Crippen molar-refractivity contribution in [1.82, 2.24) is 9.55 Å². The van der Waals surface area contributed by atoms with Gasteiger partial charge in [-0.25, -0.2) is 4.98 Å². The first kappa shape index (κ1) is 20.1. The van der Waals surface area contributed by atoms with Crippen LogP contribution in [0.5, 0.6) is 5.75 Å². The lowest BCUT2D eigenvalue weighted by Crippen LogP contribution is -2.14. The predicted octanol–water partition coefficient (Wildman–Crippen LogP) is 4.60. The Kier molecular flexibility index (Phi) is 6.11. The molecule has 6 nitrogen and oxygen atoms in total. The summed E-state index contributed by atoms with van der Waals surface area (Å²) < 4.78 is 12.6. The zero-order valence-corrected chi connectivity index (χ0v) is 17.7. The molecule has 0 bridgehead atoms. The Hall–Kier alpha value is -3.16. The molecule has 0 radical (unpaired) electrons. The standard InChI is InChI=1S/C23H23N3O3S/c1-28-12-11-26-10-9-19-20(7-4-8-21(19)26)25-22(27)14-17-15-30-23(24-17)16-5-3-6-18(13-16)29-2/h3-10,13,15H,11-12,14H2,1-2H3,(H,25,27). The fourth-order valence-corrected chi connectivity index (χ4v) is 4.17. The van der Waals surface area contributed by atoms with Crippen molar-refractivity contribution >= 4 is 33.8 Å². The molecule has 0 aliphatic heterocycles. The van der Waals surface area contributed by atoms with E-state index in [1.807, 2.05) is 60.1 Å². The summed E-state index contributed by atoms with van der Waals surface area (Å²) >= 11 is 1.52. The second-order valence-electron chi connectivity index (χ2n) is 6.84. The summed E-state index contributed by atoms with van der Waals surface area (Å²) in [6, 6.07) is 15.7. The molecule has 1 amide bonds. The summed E-state index contributed by atoms with van der Waals surface area (Å²) in [6.45, 7) is 1.41. The molecule has 0 unspecified atom stereocenters. The van der Waals surface area contributed by atoms with E-state index in [4.69, 9.17) is 9.47 Å². The molecule has 30 heavy (non-hydrogen) atoms. The topological polar surface area (TPSA) is 65.4 Å². The number of hydrogen-bond donors (Lipinski definition) is 1. The van der Waals surface area contributed by atoms with Crippen molar-refractivity contribution in [3.05, 3.63) is 65.8 Å². The van der Waals surface area contributed by atoms with Crippen LogP contribution in [0.2, 0.25) is 0 Å². The van der Waals surface area contributed by atoms with Gasteiger partial charge in [0.2, 0.25) is 5.91 Å². The zero-order valence-electron chi connectivity index (χ0n) is 16.9. The Labute approximate surface area is 179 Å². The number of nitrogens with one attached hydrogen (secondary N) is 1. The lowest BCUT2D eigenvalue weighted by molar-refractivity contribution is -0.115. The molecule has 7 heteroatoms. The van der Waals surface area contributed by atoms with Crippen molar-refractivity contribution in [2.45, 2.75) is 13.0 Å². The Morgan fingerprint density at radius 3 is 2.87 bits per heavy atom. The second-order valence-corrected chi connectivity index (χ2v) is 7.70. The van der Waals surface area contributed by atoms with Gasteiger partial charge in [-0.1, -0.05) is 18.2 Å². The lowest BCUT2D eigenvalue weighted by Gasteiger charge is -2.08. The molecule has 0 aliphatic rings. The molecule has 154 valence electrons. The van der Waals surface area contributed by atoms with Gasteiger partial charge in [-0.2, -0.15) is 0 Å².